The number of fused-ring (bicyclic) bond motifs is 9. The first-order chi connectivity index (χ1) is 20.2. The van der Waals surface area contributed by atoms with Gasteiger partial charge in [0.2, 0.25) is 0 Å². The van der Waals surface area contributed by atoms with E-state index in [9.17, 15) is 0 Å². The lowest BCUT2D eigenvalue weighted by molar-refractivity contribution is 1.18. The van der Waals surface area contributed by atoms with Crippen LogP contribution in [-0.2, 0) is 0 Å². The van der Waals surface area contributed by atoms with Gasteiger partial charge < -0.3 is 4.57 Å². The summed E-state index contributed by atoms with van der Waals surface area (Å²) in [5.74, 6) is 0. The number of hydrogen-bond donors (Lipinski definition) is 0. The van der Waals surface area contributed by atoms with Gasteiger partial charge in [-0.25, -0.2) is 4.98 Å². The third kappa shape index (κ3) is 3.32. The summed E-state index contributed by atoms with van der Waals surface area (Å²) in [5.41, 5.74) is 8.64. The first-order valence-electron chi connectivity index (χ1n) is 13.8. The van der Waals surface area contributed by atoms with Crippen LogP contribution < -0.4 is 0 Å². The monoisotopic (exact) mass is 541 g/mol. The Kier molecular flexibility index (Phi) is 4.69. The SMILES string of the molecule is Cc1cnc2c(n1)c(-c1ccc3c(c1)c1ccccc1n3-c1ccccc1)cc1cc3c(cc12)sc1ccccc13. The Bertz CT molecular complexity index is 2490. The molecule has 0 atom stereocenters. The molecule has 0 aliphatic heterocycles. The van der Waals surface area contributed by atoms with Crippen LogP contribution in [0.2, 0.25) is 0 Å². The summed E-state index contributed by atoms with van der Waals surface area (Å²) in [6.07, 6.45) is 1.89. The maximum absolute atomic E-state index is 5.06. The number of aromatic nitrogens is 3. The second-order valence-corrected chi connectivity index (χ2v) is 11.8. The maximum atomic E-state index is 5.06. The summed E-state index contributed by atoms with van der Waals surface area (Å²) in [7, 11) is 0. The average Bonchev–Trinajstić information content (AvgIpc) is 3.55. The Balaban J connectivity index is 1.36. The molecule has 41 heavy (non-hydrogen) atoms. The smallest absolute Gasteiger partial charge is 0.0974 e. The fraction of sp³-hybridized carbons (Fsp3) is 0.0270. The lowest BCUT2D eigenvalue weighted by atomic mass is 9.96. The Morgan fingerprint density at radius 3 is 2.27 bits per heavy atom. The van der Waals surface area contributed by atoms with Crippen LogP contribution in [0.5, 0.6) is 0 Å². The lowest BCUT2D eigenvalue weighted by Crippen LogP contribution is -1.94. The minimum Gasteiger partial charge on any atom is -0.309 e. The van der Waals surface area contributed by atoms with Crippen molar-refractivity contribution in [1.29, 1.82) is 0 Å². The molecule has 0 radical (unpaired) electrons. The summed E-state index contributed by atoms with van der Waals surface area (Å²) >= 11 is 1.84. The van der Waals surface area contributed by atoms with Crippen LogP contribution in [0.1, 0.15) is 5.69 Å². The number of hydrogen-bond acceptors (Lipinski definition) is 3. The van der Waals surface area contributed by atoms with Crippen LogP contribution in [-0.4, -0.2) is 14.5 Å². The van der Waals surface area contributed by atoms with Gasteiger partial charge in [0, 0.05) is 53.8 Å². The third-order valence-electron chi connectivity index (χ3n) is 8.25. The number of para-hydroxylation sites is 2. The molecular weight excluding hydrogens is 518 g/mol. The fourth-order valence-corrected chi connectivity index (χ4v) is 7.54. The van der Waals surface area contributed by atoms with E-state index in [-0.39, 0.29) is 0 Å². The van der Waals surface area contributed by atoms with Crippen molar-refractivity contribution < 1.29 is 0 Å². The molecule has 3 nitrogen and oxygen atoms in total. The zero-order valence-corrected chi connectivity index (χ0v) is 23.1. The molecular formula is C37H23N3S. The molecule has 6 aromatic carbocycles. The van der Waals surface area contributed by atoms with Crippen LogP contribution in [0, 0.1) is 6.92 Å². The van der Waals surface area contributed by atoms with E-state index in [0.29, 0.717) is 0 Å². The van der Waals surface area contributed by atoms with Gasteiger partial charge in [-0.2, -0.15) is 0 Å². The van der Waals surface area contributed by atoms with E-state index in [2.05, 4.69) is 120 Å². The van der Waals surface area contributed by atoms with Crippen molar-refractivity contribution in [3.8, 4) is 16.8 Å². The first-order valence-corrected chi connectivity index (χ1v) is 14.6. The van der Waals surface area contributed by atoms with Crippen molar-refractivity contribution in [1.82, 2.24) is 14.5 Å². The van der Waals surface area contributed by atoms with Crippen LogP contribution in [0.4, 0.5) is 0 Å². The van der Waals surface area contributed by atoms with Crippen LogP contribution in [0.25, 0.3) is 80.6 Å². The molecule has 0 saturated heterocycles. The molecule has 3 aromatic heterocycles. The molecule has 0 unspecified atom stereocenters. The molecule has 0 saturated carbocycles. The van der Waals surface area contributed by atoms with Gasteiger partial charge in [-0.15, -0.1) is 11.3 Å². The van der Waals surface area contributed by atoms with Gasteiger partial charge in [0.05, 0.1) is 27.8 Å². The van der Waals surface area contributed by atoms with Gasteiger partial charge in [0.25, 0.3) is 0 Å². The molecule has 9 rings (SSSR count). The van der Waals surface area contributed by atoms with Gasteiger partial charge in [-0.1, -0.05) is 60.7 Å². The topological polar surface area (TPSA) is 30.7 Å². The predicted molar refractivity (Wildman–Crippen MR) is 174 cm³/mol. The fourth-order valence-electron chi connectivity index (χ4n) is 6.41. The number of rotatable bonds is 2. The van der Waals surface area contributed by atoms with Crippen LogP contribution in [0.3, 0.4) is 0 Å². The number of aryl methyl sites for hydroxylation is 1. The molecule has 0 fully saturated rings. The Morgan fingerprint density at radius 2 is 1.37 bits per heavy atom. The first kappa shape index (κ1) is 22.7. The molecule has 0 aliphatic carbocycles. The molecule has 0 aliphatic rings. The maximum Gasteiger partial charge on any atom is 0.0974 e. The van der Waals surface area contributed by atoms with Crippen molar-refractivity contribution in [2.45, 2.75) is 6.92 Å². The molecule has 3 heterocycles. The predicted octanol–water partition coefficient (Wildman–Crippen LogP) is 10.2. The Labute approximate surface area is 239 Å². The van der Waals surface area contributed by atoms with Gasteiger partial charge in [-0.05, 0) is 72.5 Å². The number of benzene rings is 6. The van der Waals surface area contributed by atoms with Crippen molar-refractivity contribution in [3.05, 3.63) is 127 Å². The second-order valence-electron chi connectivity index (χ2n) is 10.7. The van der Waals surface area contributed by atoms with Gasteiger partial charge in [0.15, 0.2) is 0 Å². The highest BCUT2D eigenvalue weighted by Gasteiger charge is 2.17. The Morgan fingerprint density at radius 1 is 0.585 bits per heavy atom. The molecule has 0 bridgehead atoms. The second kappa shape index (κ2) is 8.47. The summed E-state index contributed by atoms with van der Waals surface area (Å²) in [6, 6.07) is 41.7. The minimum atomic E-state index is 0.919. The van der Waals surface area contributed by atoms with E-state index < -0.39 is 0 Å². The van der Waals surface area contributed by atoms with Crippen molar-refractivity contribution in [2.24, 2.45) is 0 Å². The van der Waals surface area contributed by atoms with Gasteiger partial charge >= 0.3 is 0 Å². The van der Waals surface area contributed by atoms with E-state index in [1.165, 1.54) is 47.4 Å². The highest BCUT2D eigenvalue weighted by atomic mass is 32.1. The van der Waals surface area contributed by atoms with Crippen molar-refractivity contribution in [3.63, 3.8) is 0 Å². The summed E-state index contributed by atoms with van der Waals surface area (Å²) in [5, 5.41) is 7.42. The molecule has 0 N–H and O–H groups in total. The van der Waals surface area contributed by atoms with Gasteiger partial charge in [0.1, 0.15) is 0 Å². The normalized spacial score (nSPS) is 12.0. The lowest BCUT2D eigenvalue weighted by Gasteiger charge is -2.12. The zero-order chi connectivity index (χ0) is 27.1. The molecule has 4 heteroatoms. The summed E-state index contributed by atoms with van der Waals surface area (Å²) in [6.45, 7) is 2.02. The number of nitrogens with zero attached hydrogens (tertiary/aromatic N) is 3. The highest BCUT2D eigenvalue weighted by Crippen LogP contribution is 2.41. The third-order valence-corrected chi connectivity index (χ3v) is 9.38. The standard InChI is InChI=1S/C37H23N3S/c1-22-21-38-36-29-20-35-31(27-12-6-8-14-34(27)41-35)19-24(29)18-28(37(36)39-22)23-15-16-33-30(17-23)26-11-5-7-13-32(26)40(33)25-9-3-2-4-10-25/h2-21H,1H3. The summed E-state index contributed by atoms with van der Waals surface area (Å²) in [4.78, 5) is 10.0. The molecule has 9 aromatic rings. The molecule has 192 valence electrons. The van der Waals surface area contributed by atoms with E-state index in [1.807, 2.05) is 24.5 Å². The van der Waals surface area contributed by atoms with E-state index in [0.717, 1.165) is 38.9 Å². The van der Waals surface area contributed by atoms with E-state index >= 15 is 0 Å². The zero-order valence-electron chi connectivity index (χ0n) is 22.3. The molecule has 0 spiro atoms. The average molecular weight is 542 g/mol. The van der Waals surface area contributed by atoms with E-state index in [1.54, 1.807) is 0 Å². The van der Waals surface area contributed by atoms with Crippen molar-refractivity contribution in [2.75, 3.05) is 0 Å². The summed E-state index contributed by atoms with van der Waals surface area (Å²) < 4.78 is 4.95. The van der Waals surface area contributed by atoms with Crippen LogP contribution in [0.15, 0.2) is 121 Å². The molecule has 0 amide bonds. The minimum absolute atomic E-state index is 0.919. The van der Waals surface area contributed by atoms with Crippen molar-refractivity contribution >= 4 is 75.1 Å². The highest BCUT2D eigenvalue weighted by molar-refractivity contribution is 7.25. The largest absolute Gasteiger partial charge is 0.309 e. The Hall–Kier alpha value is -5.06. The number of thiophene rings is 1. The van der Waals surface area contributed by atoms with Crippen LogP contribution >= 0.6 is 11.3 Å². The quantitative estimate of drug-likeness (QED) is 0.204. The van der Waals surface area contributed by atoms with E-state index in [4.69, 9.17) is 9.97 Å². The van der Waals surface area contributed by atoms with Gasteiger partial charge in [-0.3, -0.25) is 4.98 Å².